The van der Waals surface area contributed by atoms with Gasteiger partial charge in [0.2, 0.25) is 0 Å². The van der Waals surface area contributed by atoms with E-state index in [1.54, 1.807) is 0 Å². The maximum atomic E-state index is 12.5. The van der Waals surface area contributed by atoms with Gasteiger partial charge in [0.15, 0.2) is 0 Å². The first kappa shape index (κ1) is 16.6. The second-order valence-electron chi connectivity index (χ2n) is 6.61. The predicted octanol–water partition coefficient (Wildman–Crippen LogP) is 4.20. The van der Waals surface area contributed by atoms with Crippen LogP contribution in [0.5, 0.6) is 0 Å². The molecular formula is C20H26N2O2. The van der Waals surface area contributed by atoms with E-state index in [0.29, 0.717) is 12.6 Å². The van der Waals surface area contributed by atoms with Crippen LogP contribution >= 0.6 is 0 Å². The lowest BCUT2D eigenvalue weighted by Crippen LogP contribution is -2.42. The summed E-state index contributed by atoms with van der Waals surface area (Å²) in [5.41, 5.74) is 2.40. The van der Waals surface area contributed by atoms with E-state index in [9.17, 15) is 4.79 Å². The fraction of sp³-hybridized carbons (Fsp3) is 0.450. The third-order valence-electron chi connectivity index (χ3n) is 4.82. The largest absolute Gasteiger partial charge is 0.466 e. The van der Waals surface area contributed by atoms with E-state index in [1.165, 1.54) is 5.56 Å². The first-order chi connectivity index (χ1) is 11.6. The predicted molar refractivity (Wildman–Crippen MR) is 94.9 cm³/mol. The Balaban J connectivity index is 1.52. The van der Waals surface area contributed by atoms with Crippen molar-refractivity contribution in [2.24, 2.45) is 0 Å². The van der Waals surface area contributed by atoms with Crippen LogP contribution in [0.25, 0.3) is 0 Å². The number of urea groups is 1. The maximum absolute atomic E-state index is 12.5. The summed E-state index contributed by atoms with van der Waals surface area (Å²) in [6, 6.07) is 12.9. The molecule has 4 nitrogen and oxygen atoms in total. The molecule has 1 aromatic heterocycles. The van der Waals surface area contributed by atoms with Crippen LogP contribution in [0.1, 0.15) is 41.9 Å². The first-order valence-corrected chi connectivity index (χ1v) is 8.78. The number of rotatable bonds is 5. The molecule has 0 spiro atoms. The van der Waals surface area contributed by atoms with Crippen molar-refractivity contribution >= 4 is 6.03 Å². The summed E-state index contributed by atoms with van der Waals surface area (Å²) >= 11 is 0. The minimum atomic E-state index is 0.0452. The lowest BCUT2D eigenvalue weighted by molar-refractivity contribution is 0.189. The molecular weight excluding hydrogens is 300 g/mol. The number of furan rings is 1. The summed E-state index contributed by atoms with van der Waals surface area (Å²) in [5.74, 6) is 1.77. The molecule has 2 amide bonds. The van der Waals surface area contributed by atoms with Crippen molar-refractivity contribution in [3.05, 3.63) is 59.0 Å². The average Bonchev–Trinajstić information content (AvgIpc) is 3.17. The molecule has 0 bridgehead atoms. The number of carbonyl (C=O) groups is 1. The van der Waals surface area contributed by atoms with Gasteiger partial charge < -0.3 is 14.6 Å². The number of amides is 2. The zero-order chi connectivity index (χ0) is 16.9. The number of benzene rings is 1. The lowest BCUT2D eigenvalue weighted by atomic mass is 10.0. The number of nitrogens with zero attached hydrogens (tertiary/aromatic N) is 1. The lowest BCUT2D eigenvalue weighted by Gasteiger charge is -2.25. The van der Waals surface area contributed by atoms with Crippen LogP contribution in [0.4, 0.5) is 4.79 Å². The van der Waals surface area contributed by atoms with Crippen LogP contribution in [0.15, 0.2) is 40.8 Å². The minimum Gasteiger partial charge on any atom is -0.466 e. The molecule has 1 aliphatic rings. The number of nitrogens with one attached hydrogen (secondary N) is 1. The molecule has 1 saturated heterocycles. The van der Waals surface area contributed by atoms with Crippen molar-refractivity contribution in [3.8, 4) is 0 Å². The van der Waals surface area contributed by atoms with Gasteiger partial charge in [-0.05, 0) is 51.2 Å². The maximum Gasteiger partial charge on any atom is 0.317 e. The van der Waals surface area contributed by atoms with Gasteiger partial charge in [-0.2, -0.15) is 0 Å². The Morgan fingerprint density at radius 3 is 2.79 bits per heavy atom. The summed E-state index contributed by atoms with van der Waals surface area (Å²) in [5, 5.41) is 3.05. The Hall–Kier alpha value is -2.23. The van der Waals surface area contributed by atoms with Gasteiger partial charge in [-0.1, -0.05) is 30.3 Å². The van der Waals surface area contributed by atoms with E-state index >= 15 is 0 Å². The van der Waals surface area contributed by atoms with E-state index in [1.807, 2.05) is 30.9 Å². The van der Waals surface area contributed by atoms with Gasteiger partial charge >= 0.3 is 6.03 Å². The number of hydrogen-bond acceptors (Lipinski definition) is 2. The van der Waals surface area contributed by atoms with E-state index in [4.69, 9.17) is 4.42 Å². The van der Waals surface area contributed by atoms with Crippen LogP contribution in [0, 0.1) is 13.8 Å². The van der Waals surface area contributed by atoms with Gasteiger partial charge in [-0.15, -0.1) is 0 Å². The highest BCUT2D eigenvalue weighted by atomic mass is 16.3. The Bertz CT molecular complexity index is 678. The Morgan fingerprint density at radius 2 is 2.08 bits per heavy atom. The third kappa shape index (κ3) is 3.99. The molecule has 0 radical (unpaired) electrons. The summed E-state index contributed by atoms with van der Waals surface area (Å²) in [6.07, 6.45) is 4.25. The van der Waals surface area contributed by atoms with E-state index in [-0.39, 0.29) is 6.03 Å². The van der Waals surface area contributed by atoms with Gasteiger partial charge in [0.25, 0.3) is 0 Å². The van der Waals surface area contributed by atoms with E-state index in [0.717, 1.165) is 49.3 Å². The molecule has 1 N–H and O–H groups in total. The molecule has 4 heteroatoms. The molecule has 0 aliphatic carbocycles. The Kier molecular flexibility index (Phi) is 5.24. The third-order valence-corrected chi connectivity index (χ3v) is 4.82. The number of hydrogen-bond donors (Lipinski definition) is 1. The SMILES string of the molecule is Cc1cc(CNC(=O)N2CCCC2CCc2ccccc2)c(C)o1. The molecule has 1 fully saturated rings. The minimum absolute atomic E-state index is 0.0452. The normalized spacial score (nSPS) is 17.2. The van der Waals surface area contributed by atoms with Crippen molar-refractivity contribution < 1.29 is 9.21 Å². The molecule has 0 saturated carbocycles. The highest BCUT2D eigenvalue weighted by Crippen LogP contribution is 2.22. The van der Waals surface area contributed by atoms with Crippen LogP contribution in [0.3, 0.4) is 0 Å². The number of carbonyl (C=O) groups excluding carboxylic acids is 1. The van der Waals surface area contributed by atoms with Crippen molar-refractivity contribution in [3.63, 3.8) is 0 Å². The Labute approximate surface area is 143 Å². The number of likely N-dealkylation sites (tertiary alicyclic amines) is 1. The fourth-order valence-corrected chi connectivity index (χ4v) is 3.51. The fourth-order valence-electron chi connectivity index (χ4n) is 3.51. The molecule has 1 unspecified atom stereocenters. The molecule has 2 aromatic rings. The van der Waals surface area contributed by atoms with Gasteiger partial charge in [-0.25, -0.2) is 4.79 Å². The average molecular weight is 326 g/mol. The summed E-state index contributed by atoms with van der Waals surface area (Å²) in [4.78, 5) is 14.5. The van der Waals surface area contributed by atoms with Gasteiger partial charge in [0.1, 0.15) is 11.5 Å². The zero-order valence-corrected chi connectivity index (χ0v) is 14.5. The summed E-state index contributed by atoms with van der Waals surface area (Å²) in [7, 11) is 0. The van der Waals surface area contributed by atoms with Crippen molar-refractivity contribution in [2.45, 2.75) is 52.1 Å². The zero-order valence-electron chi connectivity index (χ0n) is 14.5. The van der Waals surface area contributed by atoms with Crippen LogP contribution in [-0.2, 0) is 13.0 Å². The van der Waals surface area contributed by atoms with Crippen LogP contribution in [-0.4, -0.2) is 23.5 Å². The second-order valence-corrected chi connectivity index (χ2v) is 6.61. The standard InChI is InChI=1S/C20H26N2O2/c1-15-13-18(16(2)24-15)14-21-20(23)22-12-6-9-19(22)11-10-17-7-4-3-5-8-17/h3-5,7-8,13,19H,6,9-12,14H2,1-2H3,(H,21,23). The summed E-state index contributed by atoms with van der Waals surface area (Å²) < 4.78 is 5.52. The van der Waals surface area contributed by atoms with Crippen LogP contribution in [0.2, 0.25) is 0 Å². The first-order valence-electron chi connectivity index (χ1n) is 8.78. The molecule has 24 heavy (non-hydrogen) atoms. The molecule has 1 aromatic carbocycles. The highest BCUT2D eigenvalue weighted by molar-refractivity contribution is 5.74. The van der Waals surface area contributed by atoms with E-state index < -0.39 is 0 Å². The van der Waals surface area contributed by atoms with Crippen molar-refractivity contribution in [1.82, 2.24) is 10.2 Å². The van der Waals surface area contributed by atoms with Crippen molar-refractivity contribution in [2.75, 3.05) is 6.54 Å². The van der Waals surface area contributed by atoms with Crippen LogP contribution < -0.4 is 5.32 Å². The molecule has 3 rings (SSSR count). The molecule has 2 heterocycles. The highest BCUT2D eigenvalue weighted by Gasteiger charge is 2.28. The molecule has 128 valence electrons. The van der Waals surface area contributed by atoms with Crippen molar-refractivity contribution in [1.29, 1.82) is 0 Å². The van der Waals surface area contributed by atoms with E-state index in [2.05, 4.69) is 29.6 Å². The van der Waals surface area contributed by atoms with Gasteiger partial charge in [0, 0.05) is 24.7 Å². The number of aryl methyl sites for hydroxylation is 3. The monoisotopic (exact) mass is 326 g/mol. The molecule has 1 aliphatic heterocycles. The quantitative estimate of drug-likeness (QED) is 0.895. The van der Waals surface area contributed by atoms with Gasteiger partial charge in [0.05, 0.1) is 0 Å². The van der Waals surface area contributed by atoms with Gasteiger partial charge in [-0.3, -0.25) is 0 Å². The second kappa shape index (κ2) is 7.56. The summed E-state index contributed by atoms with van der Waals surface area (Å²) in [6.45, 7) is 5.25. The molecule has 1 atom stereocenters. The smallest absolute Gasteiger partial charge is 0.317 e. The Morgan fingerprint density at radius 1 is 1.29 bits per heavy atom. The topological polar surface area (TPSA) is 45.5 Å².